The second-order valence-corrected chi connectivity index (χ2v) is 6.02. The molecule has 1 fully saturated rings. The number of nitrogens with zero attached hydrogens (tertiary/aromatic N) is 2. The minimum atomic E-state index is -0.134. The van der Waals surface area contributed by atoms with E-state index in [1.807, 2.05) is 24.3 Å². The van der Waals surface area contributed by atoms with Gasteiger partial charge in [-0.25, -0.2) is 0 Å². The second kappa shape index (κ2) is 7.90. The Hall–Kier alpha value is -2.73. The molecule has 1 saturated heterocycles. The number of anilines is 2. The van der Waals surface area contributed by atoms with E-state index >= 15 is 0 Å². The number of aromatic nitrogens is 1. The van der Waals surface area contributed by atoms with E-state index in [4.69, 9.17) is 4.74 Å². The quantitative estimate of drug-likeness (QED) is 0.664. The van der Waals surface area contributed by atoms with Crippen molar-refractivity contribution in [2.45, 2.75) is 13.5 Å². The Morgan fingerprint density at radius 2 is 1.88 bits per heavy atom. The number of ketones is 1. The van der Waals surface area contributed by atoms with Gasteiger partial charge in [-0.15, -0.1) is 0 Å². The molecule has 0 bridgehead atoms. The first-order valence-electron chi connectivity index (χ1n) is 8.34. The minimum absolute atomic E-state index is 0.0199. The average molecular weight is 340 g/mol. The van der Waals surface area contributed by atoms with E-state index in [2.05, 4.69) is 10.2 Å². The van der Waals surface area contributed by atoms with Crippen LogP contribution >= 0.6 is 0 Å². The molecule has 0 aliphatic carbocycles. The highest BCUT2D eigenvalue weighted by Crippen LogP contribution is 2.18. The van der Waals surface area contributed by atoms with Crippen LogP contribution in [0.3, 0.4) is 0 Å². The van der Waals surface area contributed by atoms with E-state index in [1.165, 1.54) is 6.92 Å². The largest absolute Gasteiger partial charge is 0.378 e. The maximum absolute atomic E-state index is 12.2. The summed E-state index contributed by atoms with van der Waals surface area (Å²) in [4.78, 5) is 25.9. The van der Waals surface area contributed by atoms with Crippen LogP contribution in [0.2, 0.25) is 0 Å². The third-order valence-electron chi connectivity index (χ3n) is 4.12. The summed E-state index contributed by atoms with van der Waals surface area (Å²) < 4.78 is 7.06. The van der Waals surface area contributed by atoms with Crippen molar-refractivity contribution < 1.29 is 18.9 Å². The normalized spacial score (nSPS) is 14.2. The monoisotopic (exact) mass is 340 g/mol. The summed E-state index contributed by atoms with van der Waals surface area (Å²) in [5, 5.41) is 2.88. The number of Topliss-reactive ketones (excluding diaryl/α,β-unsaturated/α-hetero) is 1. The number of rotatable bonds is 5. The predicted octanol–water partition coefficient (Wildman–Crippen LogP) is 1.65. The molecule has 130 valence electrons. The minimum Gasteiger partial charge on any atom is -0.378 e. The van der Waals surface area contributed by atoms with Gasteiger partial charge in [0.05, 0.1) is 18.8 Å². The molecular weight excluding hydrogens is 318 g/mol. The van der Waals surface area contributed by atoms with Crippen LogP contribution in [0.15, 0.2) is 48.8 Å². The highest BCUT2D eigenvalue weighted by Gasteiger charge is 2.13. The van der Waals surface area contributed by atoms with Gasteiger partial charge in [0.2, 0.25) is 6.54 Å². The molecule has 2 heterocycles. The summed E-state index contributed by atoms with van der Waals surface area (Å²) in [6.07, 6.45) is 3.46. The molecule has 0 unspecified atom stereocenters. The van der Waals surface area contributed by atoms with Crippen LogP contribution < -0.4 is 14.8 Å². The van der Waals surface area contributed by atoms with Crippen molar-refractivity contribution in [2.75, 3.05) is 36.5 Å². The van der Waals surface area contributed by atoms with Gasteiger partial charge in [0.25, 0.3) is 5.91 Å². The Bertz CT molecular complexity index is 753. The Balaban J connectivity index is 1.59. The van der Waals surface area contributed by atoms with Crippen LogP contribution in [0.5, 0.6) is 0 Å². The molecule has 0 atom stereocenters. The molecule has 6 heteroatoms. The highest BCUT2D eigenvalue weighted by molar-refractivity contribution is 5.93. The zero-order chi connectivity index (χ0) is 17.6. The molecule has 0 spiro atoms. The Morgan fingerprint density at radius 3 is 2.56 bits per heavy atom. The van der Waals surface area contributed by atoms with Crippen LogP contribution in [0.4, 0.5) is 11.4 Å². The molecule has 1 aliphatic rings. The molecule has 0 saturated carbocycles. The smallest absolute Gasteiger partial charge is 0.290 e. The van der Waals surface area contributed by atoms with E-state index < -0.39 is 0 Å². The molecule has 0 radical (unpaired) electrons. The lowest BCUT2D eigenvalue weighted by molar-refractivity contribution is -0.684. The number of hydrogen-bond donors (Lipinski definition) is 1. The number of carbonyl (C=O) groups is 2. The van der Waals surface area contributed by atoms with Gasteiger partial charge in [0, 0.05) is 30.5 Å². The fraction of sp³-hybridized carbons (Fsp3) is 0.316. The molecule has 1 aromatic heterocycles. The van der Waals surface area contributed by atoms with Gasteiger partial charge in [0.15, 0.2) is 18.2 Å². The van der Waals surface area contributed by atoms with E-state index in [-0.39, 0.29) is 18.2 Å². The molecule has 2 aromatic rings. The van der Waals surface area contributed by atoms with Gasteiger partial charge in [-0.1, -0.05) is 0 Å². The Morgan fingerprint density at radius 1 is 1.16 bits per heavy atom. The molecule has 25 heavy (non-hydrogen) atoms. The third kappa shape index (κ3) is 4.64. The van der Waals surface area contributed by atoms with Crippen molar-refractivity contribution in [3.63, 3.8) is 0 Å². The number of hydrogen-bond acceptors (Lipinski definition) is 4. The van der Waals surface area contributed by atoms with E-state index in [1.54, 1.807) is 29.1 Å². The summed E-state index contributed by atoms with van der Waals surface area (Å²) >= 11 is 0. The van der Waals surface area contributed by atoms with Gasteiger partial charge < -0.3 is 15.0 Å². The van der Waals surface area contributed by atoms with Gasteiger partial charge >= 0.3 is 0 Å². The maximum atomic E-state index is 12.2. The first-order valence-corrected chi connectivity index (χ1v) is 8.34. The number of nitrogens with one attached hydrogen (secondary N) is 1. The molecule has 1 amide bonds. The van der Waals surface area contributed by atoms with Gasteiger partial charge in [0.1, 0.15) is 0 Å². The topological polar surface area (TPSA) is 62.5 Å². The van der Waals surface area contributed by atoms with Crippen molar-refractivity contribution in [1.29, 1.82) is 0 Å². The second-order valence-electron chi connectivity index (χ2n) is 6.02. The van der Waals surface area contributed by atoms with E-state index in [0.29, 0.717) is 5.56 Å². The fourth-order valence-corrected chi connectivity index (χ4v) is 2.77. The molecule has 6 nitrogen and oxygen atoms in total. The standard InChI is InChI=1S/C19H21N3O3/c1-15(23)16-3-2-8-21(13-16)14-19(24)20-17-4-6-18(7-5-17)22-9-11-25-12-10-22/h2-8,13H,9-12,14H2,1H3/p+1. The summed E-state index contributed by atoms with van der Waals surface area (Å²) in [5.41, 5.74) is 2.47. The first-order chi connectivity index (χ1) is 12.1. The summed E-state index contributed by atoms with van der Waals surface area (Å²) in [5.74, 6) is -0.154. The van der Waals surface area contributed by atoms with Gasteiger partial charge in [-0.3, -0.25) is 9.59 Å². The molecule has 1 N–H and O–H groups in total. The lowest BCUT2D eigenvalue weighted by Crippen LogP contribution is -2.40. The summed E-state index contributed by atoms with van der Waals surface area (Å²) in [6.45, 7) is 4.93. The number of amides is 1. The predicted molar refractivity (Wildman–Crippen MR) is 94.7 cm³/mol. The first kappa shape index (κ1) is 17.1. The number of benzene rings is 1. The van der Waals surface area contributed by atoms with Crippen molar-refractivity contribution >= 4 is 23.1 Å². The third-order valence-corrected chi connectivity index (χ3v) is 4.12. The zero-order valence-electron chi connectivity index (χ0n) is 14.3. The fourth-order valence-electron chi connectivity index (χ4n) is 2.77. The van der Waals surface area contributed by atoms with Crippen LogP contribution in [0, 0.1) is 0 Å². The lowest BCUT2D eigenvalue weighted by atomic mass is 10.2. The number of carbonyl (C=O) groups excluding carboxylic acids is 2. The van der Waals surface area contributed by atoms with Gasteiger partial charge in [-0.05, 0) is 37.3 Å². The molecule has 3 rings (SSSR count). The Kier molecular flexibility index (Phi) is 5.40. The summed E-state index contributed by atoms with van der Waals surface area (Å²) in [6, 6.07) is 11.3. The summed E-state index contributed by atoms with van der Waals surface area (Å²) in [7, 11) is 0. The van der Waals surface area contributed by atoms with Crippen molar-refractivity contribution in [3.05, 3.63) is 54.4 Å². The average Bonchev–Trinajstić information content (AvgIpc) is 2.63. The van der Waals surface area contributed by atoms with Crippen LogP contribution in [-0.2, 0) is 16.1 Å². The van der Waals surface area contributed by atoms with Crippen LogP contribution in [0.1, 0.15) is 17.3 Å². The SMILES string of the molecule is CC(=O)c1ccc[n+](CC(=O)Nc2ccc(N3CCOCC3)cc2)c1. The number of pyridine rings is 1. The van der Waals surface area contributed by atoms with Gasteiger partial charge in [-0.2, -0.15) is 4.57 Å². The number of morpholine rings is 1. The molecule has 1 aliphatic heterocycles. The molecule has 1 aromatic carbocycles. The molecular formula is C19H22N3O3+. The number of ether oxygens (including phenoxy) is 1. The van der Waals surface area contributed by atoms with Crippen molar-refractivity contribution in [1.82, 2.24) is 0 Å². The van der Waals surface area contributed by atoms with Crippen LogP contribution in [0.25, 0.3) is 0 Å². The van der Waals surface area contributed by atoms with E-state index in [0.717, 1.165) is 37.7 Å². The lowest BCUT2D eigenvalue weighted by Gasteiger charge is -2.28. The highest BCUT2D eigenvalue weighted by atomic mass is 16.5. The Labute approximate surface area is 147 Å². The van der Waals surface area contributed by atoms with Crippen LogP contribution in [-0.4, -0.2) is 38.0 Å². The van der Waals surface area contributed by atoms with Crippen molar-refractivity contribution in [2.24, 2.45) is 0 Å². The maximum Gasteiger partial charge on any atom is 0.290 e. The zero-order valence-corrected chi connectivity index (χ0v) is 14.3. The van der Waals surface area contributed by atoms with Crippen molar-refractivity contribution in [3.8, 4) is 0 Å². The van der Waals surface area contributed by atoms with E-state index in [9.17, 15) is 9.59 Å².